The SMILES string of the molecule is O=C(NCCN1CCCCC1)c1ccc2nc(C3CC3)oc2c1. The lowest BCUT2D eigenvalue weighted by atomic mass is 10.1. The Morgan fingerprint density at radius 1 is 1.26 bits per heavy atom. The van der Waals surface area contributed by atoms with Gasteiger partial charge in [0.1, 0.15) is 5.52 Å². The second kappa shape index (κ2) is 6.32. The third-order valence-electron chi connectivity index (χ3n) is 4.76. The van der Waals surface area contributed by atoms with Crippen LogP contribution in [0.4, 0.5) is 0 Å². The van der Waals surface area contributed by atoms with E-state index in [-0.39, 0.29) is 5.91 Å². The van der Waals surface area contributed by atoms with Crippen LogP contribution in [0.25, 0.3) is 11.1 Å². The Bertz CT molecular complexity index is 699. The van der Waals surface area contributed by atoms with Gasteiger partial charge in [-0.3, -0.25) is 4.79 Å². The maximum absolute atomic E-state index is 12.3. The molecule has 1 saturated carbocycles. The van der Waals surface area contributed by atoms with Gasteiger partial charge >= 0.3 is 0 Å². The Morgan fingerprint density at radius 3 is 2.87 bits per heavy atom. The van der Waals surface area contributed by atoms with Gasteiger partial charge in [-0.2, -0.15) is 0 Å². The van der Waals surface area contributed by atoms with Crippen LogP contribution in [-0.4, -0.2) is 42.0 Å². The number of likely N-dealkylation sites (tertiary alicyclic amines) is 1. The molecule has 2 fully saturated rings. The summed E-state index contributed by atoms with van der Waals surface area (Å²) in [5.74, 6) is 1.28. The summed E-state index contributed by atoms with van der Waals surface area (Å²) in [6.07, 6.45) is 6.22. The minimum absolute atomic E-state index is 0.0340. The number of benzene rings is 1. The lowest BCUT2D eigenvalue weighted by Gasteiger charge is -2.26. The average molecular weight is 313 g/mol. The standard InChI is InChI=1S/C18H23N3O2/c22-17(19-8-11-21-9-2-1-3-10-21)14-6-7-15-16(12-14)23-18(20-15)13-4-5-13/h6-7,12-13H,1-5,8-11H2,(H,19,22). The van der Waals surface area contributed by atoms with Crippen molar-refractivity contribution in [3.05, 3.63) is 29.7 Å². The zero-order valence-electron chi connectivity index (χ0n) is 13.4. The van der Waals surface area contributed by atoms with Gasteiger partial charge in [-0.1, -0.05) is 6.42 Å². The van der Waals surface area contributed by atoms with Crippen molar-refractivity contribution in [3.8, 4) is 0 Å². The number of oxazole rings is 1. The Labute approximate surface area is 136 Å². The van der Waals surface area contributed by atoms with E-state index in [4.69, 9.17) is 4.42 Å². The number of nitrogens with one attached hydrogen (secondary N) is 1. The van der Waals surface area contributed by atoms with Crippen LogP contribution in [0.5, 0.6) is 0 Å². The molecular weight excluding hydrogens is 290 g/mol. The van der Waals surface area contributed by atoms with Crippen molar-refractivity contribution in [1.29, 1.82) is 0 Å². The minimum Gasteiger partial charge on any atom is -0.440 e. The first-order valence-electron chi connectivity index (χ1n) is 8.71. The van der Waals surface area contributed by atoms with E-state index in [1.54, 1.807) is 0 Å². The van der Waals surface area contributed by atoms with Gasteiger partial charge in [-0.25, -0.2) is 4.98 Å². The molecule has 1 aliphatic heterocycles. The molecule has 2 aliphatic rings. The van der Waals surface area contributed by atoms with Gasteiger partial charge in [0, 0.05) is 24.6 Å². The second-order valence-electron chi connectivity index (χ2n) is 6.67. The van der Waals surface area contributed by atoms with Crippen molar-refractivity contribution in [2.24, 2.45) is 0 Å². The summed E-state index contributed by atoms with van der Waals surface area (Å²) in [4.78, 5) is 19.2. The van der Waals surface area contributed by atoms with Crippen molar-refractivity contribution in [2.45, 2.75) is 38.0 Å². The highest BCUT2D eigenvalue weighted by molar-refractivity contribution is 5.97. The van der Waals surface area contributed by atoms with Crippen LogP contribution in [0.3, 0.4) is 0 Å². The first-order valence-corrected chi connectivity index (χ1v) is 8.71. The zero-order valence-corrected chi connectivity index (χ0v) is 13.4. The largest absolute Gasteiger partial charge is 0.440 e. The van der Waals surface area contributed by atoms with E-state index < -0.39 is 0 Å². The minimum atomic E-state index is -0.0340. The van der Waals surface area contributed by atoms with E-state index in [9.17, 15) is 4.79 Å². The van der Waals surface area contributed by atoms with Gasteiger partial charge in [-0.05, 0) is 57.0 Å². The van der Waals surface area contributed by atoms with Crippen LogP contribution in [0.2, 0.25) is 0 Å². The van der Waals surface area contributed by atoms with Crippen molar-refractivity contribution >= 4 is 17.0 Å². The molecule has 0 spiro atoms. The Kier molecular flexibility index (Phi) is 4.04. The summed E-state index contributed by atoms with van der Waals surface area (Å²) >= 11 is 0. The Balaban J connectivity index is 1.36. The molecule has 0 bridgehead atoms. The third-order valence-corrected chi connectivity index (χ3v) is 4.76. The quantitative estimate of drug-likeness (QED) is 0.922. The number of hydrogen-bond acceptors (Lipinski definition) is 4. The molecule has 2 aromatic rings. The number of amides is 1. The molecule has 1 N–H and O–H groups in total. The highest BCUT2D eigenvalue weighted by Gasteiger charge is 2.29. The summed E-state index contributed by atoms with van der Waals surface area (Å²) in [5.41, 5.74) is 2.21. The summed E-state index contributed by atoms with van der Waals surface area (Å²) in [5, 5.41) is 3.01. The number of carbonyl (C=O) groups is 1. The molecule has 1 aromatic carbocycles. The van der Waals surface area contributed by atoms with Gasteiger partial charge < -0.3 is 14.6 Å². The third kappa shape index (κ3) is 3.39. The van der Waals surface area contributed by atoms with E-state index in [1.807, 2.05) is 18.2 Å². The van der Waals surface area contributed by atoms with Crippen LogP contribution >= 0.6 is 0 Å². The van der Waals surface area contributed by atoms with Crippen molar-refractivity contribution in [2.75, 3.05) is 26.2 Å². The molecule has 4 rings (SSSR count). The number of hydrogen-bond donors (Lipinski definition) is 1. The van der Waals surface area contributed by atoms with Crippen LogP contribution < -0.4 is 5.32 Å². The number of nitrogens with zero attached hydrogens (tertiary/aromatic N) is 2. The molecule has 5 nitrogen and oxygen atoms in total. The summed E-state index contributed by atoms with van der Waals surface area (Å²) in [6.45, 7) is 3.94. The molecule has 1 amide bonds. The molecule has 0 radical (unpaired) electrons. The lowest BCUT2D eigenvalue weighted by molar-refractivity contribution is 0.0946. The topological polar surface area (TPSA) is 58.4 Å². The summed E-state index contributed by atoms with van der Waals surface area (Å²) in [7, 11) is 0. The number of carbonyl (C=O) groups excluding carboxylic acids is 1. The highest BCUT2D eigenvalue weighted by Crippen LogP contribution is 2.40. The number of rotatable bonds is 5. The first-order chi connectivity index (χ1) is 11.3. The highest BCUT2D eigenvalue weighted by atomic mass is 16.3. The van der Waals surface area contributed by atoms with Crippen molar-refractivity contribution in [1.82, 2.24) is 15.2 Å². The monoisotopic (exact) mass is 313 g/mol. The molecule has 2 heterocycles. The van der Waals surface area contributed by atoms with Crippen LogP contribution in [0, 0.1) is 0 Å². The summed E-state index contributed by atoms with van der Waals surface area (Å²) in [6, 6.07) is 5.52. The normalized spacial score (nSPS) is 19.1. The molecule has 1 saturated heterocycles. The molecule has 0 atom stereocenters. The Hall–Kier alpha value is -1.88. The van der Waals surface area contributed by atoms with Crippen LogP contribution in [-0.2, 0) is 0 Å². The van der Waals surface area contributed by atoms with Gasteiger partial charge in [0.15, 0.2) is 11.5 Å². The van der Waals surface area contributed by atoms with E-state index in [2.05, 4.69) is 15.2 Å². The van der Waals surface area contributed by atoms with E-state index in [1.165, 1.54) is 19.3 Å². The number of aromatic nitrogens is 1. The fourth-order valence-corrected chi connectivity index (χ4v) is 3.20. The van der Waals surface area contributed by atoms with Gasteiger partial charge in [0.05, 0.1) is 0 Å². The average Bonchev–Trinajstić information content (AvgIpc) is 3.34. The van der Waals surface area contributed by atoms with Gasteiger partial charge in [0.25, 0.3) is 5.91 Å². The van der Waals surface area contributed by atoms with E-state index in [0.717, 1.165) is 49.5 Å². The fourth-order valence-electron chi connectivity index (χ4n) is 3.20. The zero-order chi connectivity index (χ0) is 15.6. The number of piperidine rings is 1. The second-order valence-corrected chi connectivity index (χ2v) is 6.67. The predicted molar refractivity (Wildman–Crippen MR) is 88.6 cm³/mol. The molecule has 23 heavy (non-hydrogen) atoms. The van der Waals surface area contributed by atoms with Crippen LogP contribution in [0.1, 0.15) is 54.3 Å². The maximum Gasteiger partial charge on any atom is 0.251 e. The maximum atomic E-state index is 12.3. The van der Waals surface area contributed by atoms with Gasteiger partial charge in [-0.15, -0.1) is 0 Å². The van der Waals surface area contributed by atoms with Crippen LogP contribution in [0.15, 0.2) is 22.6 Å². The molecule has 1 aromatic heterocycles. The molecule has 122 valence electrons. The van der Waals surface area contributed by atoms with E-state index >= 15 is 0 Å². The predicted octanol–water partition coefficient (Wildman–Crippen LogP) is 2.92. The van der Waals surface area contributed by atoms with Gasteiger partial charge in [0.2, 0.25) is 0 Å². The summed E-state index contributed by atoms with van der Waals surface area (Å²) < 4.78 is 5.78. The smallest absolute Gasteiger partial charge is 0.251 e. The fraction of sp³-hybridized carbons (Fsp3) is 0.556. The molecule has 5 heteroatoms. The Morgan fingerprint density at radius 2 is 2.09 bits per heavy atom. The van der Waals surface area contributed by atoms with E-state index in [0.29, 0.717) is 18.0 Å². The first kappa shape index (κ1) is 14.7. The van der Waals surface area contributed by atoms with Crippen molar-refractivity contribution < 1.29 is 9.21 Å². The lowest BCUT2D eigenvalue weighted by Crippen LogP contribution is -2.37. The molecule has 0 unspecified atom stereocenters. The molecular formula is C18H23N3O2. The molecule has 1 aliphatic carbocycles. The number of fused-ring (bicyclic) bond motifs is 1. The van der Waals surface area contributed by atoms with Crippen molar-refractivity contribution in [3.63, 3.8) is 0 Å².